The number of benzene rings is 2. The Hall–Kier alpha value is -2.41. The summed E-state index contributed by atoms with van der Waals surface area (Å²) >= 11 is 1.60. The number of rotatable bonds is 4. The van der Waals surface area contributed by atoms with Crippen LogP contribution in [0.25, 0.3) is 21.2 Å². The molecule has 1 aromatic heterocycles. The van der Waals surface area contributed by atoms with Crippen molar-refractivity contribution in [1.82, 2.24) is 10.2 Å². The number of carbonyl (C=O) groups excluding carboxylic acids is 1. The molecule has 6 heteroatoms. The Morgan fingerprint density at radius 1 is 0.938 bits per heavy atom. The van der Waals surface area contributed by atoms with Gasteiger partial charge in [0.15, 0.2) is 0 Å². The third kappa shape index (κ3) is 3.91. The number of fused-ring (bicyclic) bond motifs is 4. The van der Waals surface area contributed by atoms with Gasteiger partial charge >= 0.3 is 0 Å². The van der Waals surface area contributed by atoms with Crippen LogP contribution in [0.5, 0.6) is 0 Å². The van der Waals surface area contributed by atoms with E-state index in [0.29, 0.717) is 12.0 Å². The lowest BCUT2D eigenvalue weighted by atomic mass is 9.84. The minimum atomic E-state index is 0.0846. The number of anilines is 1. The van der Waals surface area contributed by atoms with E-state index in [4.69, 9.17) is 4.74 Å². The Morgan fingerprint density at radius 3 is 2.41 bits per heavy atom. The van der Waals surface area contributed by atoms with Gasteiger partial charge in [0, 0.05) is 36.1 Å². The van der Waals surface area contributed by atoms with Crippen LogP contribution < -0.4 is 10.2 Å². The Morgan fingerprint density at radius 2 is 1.69 bits per heavy atom. The van der Waals surface area contributed by atoms with Crippen molar-refractivity contribution in [2.24, 2.45) is 5.92 Å². The summed E-state index contributed by atoms with van der Waals surface area (Å²) in [6.45, 7) is 6.88. The summed E-state index contributed by atoms with van der Waals surface area (Å²) in [4.78, 5) is 18.6. The van der Waals surface area contributed by atoms with Crippen molar-refractivity contribution in [2.45, 2.75) is 18.9 Å². The Labute approximate surface area is 193 Å². The van der Waals surface area contributed by atoms with Crippen LogP contribution in [0.3, 0.4) is 0 Å². The summed E-state index contributed by atoms with van der Waals surface area (Å²) in [5.41, 5.74) is 3.65. The van der Waals surface area contributed by atoms with Gasteiger partial charge < -0.3 is 19.9 Å². The molecule has 5 nitrogen and oxygen atoms in total. The molecule has 4 fully saturated rings. The quantitative estimate of drug-likeness (QED) is 0.650. The van der Waals surface area contributed by atoms with Crippen LogP contribution in [0, 0.1) is 5.92 Å². The third-order valence-electron chi connectivity index (χ3n) is 7.29. The molecule has 166 valence electrons. The maximum atomic E-state index is 13.0. The van der Waals surface area contributed by atoms with Crippen molar-refractivity contribution in [3.8, 4) is 11.1 Å². The van der Waals surface area contributed by atoms with E-state index >= 15 is 0 Å². The molecule has 5 heterocycles. The van der Waals surface area contributed by atoms with Gasteiger partial charge in [0.05, 0.1) is 18.1 Å². The highest BCUT2D eigenvalue weighted by molar-refractivity contribution is 7.20. The fourth-order valence-electron chi connectivity index (χ4n) is 5.38. The number of hydrogen-bond donors (Lipinski definition) is 1. The minimum absolute atomic E-state index is 0.0846. The van der Waals surface area contributed by atoms with Crippen molar-refractivity contribution < 1.29 is 9.53 Å². The van der Waals surface area contributed by atoms with Crippen LogP contribution in [0.2, 0.25) is 0 Å². The molecule has 0 spiro atoms. The maximum Gasteiger partial charge on any atom is 0.261 e. The molecule has 1 N–H and O–H groups in total. The van der Waals surface area contributed by atoms with Gasteiger partial charge in [0.25, 0.3) is 5.91 Å². The summed E-state index contributed by atoms with van der Waals surface area (Å²) in [5, 5.41) is 4.47. The Balaban J connectivity index is 1.18. The lowest BCUT2D eigenvalue weighted by Gasteiger charge is -2.44. The molecule has 2 bridgehead atoms. The van der Waals surface area contributed by atoms with Crippen LogP contribution in [-0.2, 0) is 4.74 Å². The summed E-state index contributed by atoms with van der Waals surface area (Å²) in [7, 11) is 0. The maximum absolute atomic E-state index is 13.0. The van der Waals surface area contributed by atoms with Crippen LogP contribution >= 0.6 is 11.3 Å². The third-order valence-corrected chi connectivity index (χ3v) is 8.39. The van der Waals surface area contributed by atoms with Gasteiger partial charge in [-0.15, -0.1) is 11.3 Å². The number of thiophene rings is 1. The molecule has 4 aliphatic rings. The van der Waals surface area contributed by atoms with Crippen molar-refractivity contribution in [3.05, 3.63) is 53.4 Å². The largest absolute Gasteiger partial charge is 0.378 e. The summed E-state index contributed by atoms with van der Waals surface area (Å²) in [6, 6.07) is 17.7. The second-order valence-corrected chi connectivity index (χ2v) is 10.3. The molecule has 0 aliphatic carbocycles. The molecule has 1 atom stereocenters. The Bertz CT molecular complexity index is 1110. The molecule has 2 aromatic carbocycles. The summed E-state index contributed by atoms with van der Waals surface area (Å²) in [5.74, 6) is 0.728. The zero-order valence-electron chi connectivity index (χ0n) is 18.3. The number of nitrogens with one attached hydrogen (secondary N) is 1. The molecule has 4 saturated heterocycles. The van der Waals surface area contributed by atoms with Crippen LogP contribution in [0.4, 0.5) is 5.69 Å². The lowest BCUT2D eigenvalue weighted by molar-refractivity contribution is 0.0622. The number of carbonyl (C=O) groups is 1. The number of morpholine rings is 1. The average Bonchev–Trinajstić information content (AvgIpc) is 3.29. The Kier molecular flexibility index (Phi) is 5.37. The van der Waals surface area contributed by atoms with Crippen molar-refractivity contribution in [1.29, 1.82) is 0 Å². The first-order valence-electron chi connectivity index (χ1n) is 11.7. The van der Waals surface area contributed by atoms with E-state index < -0.39 is 0 Å². The fourth-order valence-corrected chi connectivity index (χ4v) is 6.38. The molecule has 1 amide bonds. The SMILES string of the molecule is O=C(NC1CN2CCC1CC2)c1cc2ccc(-c3ccc(N4CCOCC4)cc3)cc2s1. The fraction of sp³-hybridized carbons (Fsp3) is 0.423. The van der Waals surface area contributed by atoms with E-state index in [-0.39, 0.29) is 5.91 Å². The summed E-state index contributed by atoms with van der Waals surface area (Å²) in [6.07, 6.45) is 2.43. The van der Waals surface area contributed by atoms with Gasteiger partial charge in [0.2, 0.25) is 0 Å². The highest BCUT2D eigenvalue weighted by Gasteiger charge is 2.35. The van der Waals surface area contributed by atoms with E-state index in [0.717, 1.165) is 43.1 Å². The van der Waals surface area contributed by atoms with Crippen molar-refractivity contribution in [3.63, 3.8) is 0 Å². The second kappa shape index (κ2) is 8.50. The van der Waals surface area contributed by atoms with Gasteiger partial charge in [-0.05, 0) is 72.6 Å². The number of hydrogen-bond acceptors (Lipinski definition) is 5. The van der Waals surface area contributed by atoms with Crippen molar-refractivity contribution in [2.75, 3.05) is 50.8 Å². The highest BCUT2D eigenvalue weighted by atomic mass is 32.1. The zero-order valence-corrected chi connectivity index (χ0v) is 19.1. The number of piperidine rings is 3. The van der Waals surface area contributed by atoms with Crippen molar-refractivity contribution >= 4 is 33.0 Å². The van der Waals surface area contributed by atoms with Gasteiger partial charge in [-0.2, -0.15) is 0 Å². The van der Waals surface area contributed by atoms with Crippen LogP contribution in [-0.4, -0.2) is 62.8 Å². The number of amides is 1. The van der Waals surface area contributed by atoms with Gasteiger partial charge in [0.1, 0.15) is 0 Å². The lowest BCUT2D eigenvalue weighted by Crippen LogP contribution is -2.57. The molecular formula is C26H29N3O2S. The monoisotopic (exact) mass is 447 g/mol. The first-order chi connectivity index (χ1) is 15.7. The molecule has 4 aliphatic heterocycles. The predicted octanol–water partition coefficient (Wildman–Crippen LogP) is 4.23. The van der Waals surface area contributed by atoms with E-state index in [1.165, 1.54) is 47.4 Å². The van der Waals surface area contributed by atoms with E-state index in [1.807, 2.05) is 6.07 Å². The topological polar surface area (TPSA) is 44.8 Å². The first-order valence-corrected chi connectivity index (χ1v) is 12.5. The molecule has 0 radical (unpaired) electrons. The van der Waals surface area contributed by atoms with Crippen LogP contribution in [0.1, 0.15) is 22.5 Å². The predicted molar refractivity (Wildman–Crippen MR) is 131 cm³/mol. The first kappa shape index (κ1) is 20.2. The smallest absolute Gasteiger partial charge is 0.261 e. The van der Waals surface area contributed by atoms with Gasteiger partial charge in [-0.25, -0.2) is 0 Å². The number of nitrogens with zero attached hydrogens (tertiary/aromatic N) is 2. The molecular weight excluding hydrogens is 418 g/mol. The van der Waals surface area contributed by atoms with E-state index in [2.05, 4.69) is 57.6 Å². The normalized spacial score (nSPS) is 25.2. The molecule has 7 rings (SSSR count). The van der Waals surface area contributed by atoms with Crippen LogP contribution in [0.15, 0.2) is 48.5 Å². The van der Waals surface area contributed by atoms with E-state index in [9.17, 15) is 4.79 Å². The molecule has 3 aromatic rings. The molecule has 1 unspecified atom stereocenters. The standard InChI is InChI=1S/C26H29N3O2S/c30-26(27-23-17-28-9-7-19(23)8-10-28)25-16-21-2-1-20(15-24(21)32-25)18-3-5-22(6-4-18)29-11-13-31-14-12-29/h1-6,15-16,19,23H,7-14,17H2,(H,27,30). The molecule has 0 saturated carbocycles. The average molecular weight is 448 g/mol. The number of ether oxygens (including phenoxy) is 1. The van der Waals surface area contributed by atoms with Gasteiger partial charge in [-0.3, -0.25) is 4.79 Å². The second-order valence-electron chi connectivity index (χ2n) is 9.23. The van der Waals surface area contributed by atoms with E-state index in [1.54, 1.807) is 11.3 Å². The zero-order chi connectivity index (χ0) is 21.5. The summed E-state index contributed by atoms with van der Waals surface area (Å²) < 4.78 is 6.62. The highest BCUT2D eigenvalue weighted by Crippen LogP contribution is 2.32. The molecule has 32 heavy (non-hydrogen) atoms. The minimum Gasteiger partial charge on any atom is -0.378 e. The van der Waals surface area contributed by atoms with Gasteiger partial charge in [-0.1, -0.05) is 24.3 Å².